The molecule has 0 fully saturated rings. The first kappa shape index (κ1) is 18.2. The summed E-state index contributed by atoms with van der Waals surface area (Å²) in [6, 6.07) is 19.4. The first-order valence-corrected chi connectivity index (χ1v) is 8.66. The fourth-order valence-corrected chi connectivity index (χ4v) is 2.76. The summed E-state index contributed by atoms with van der Waals surface area (Å²) in [6.45, 7) is 3.91. The van der Waals surface area contributed by atoms with Crippen molar-refractivity contribution >= 4 is 12.0 Å². The zero-order valence-electron chi connectivity index (χ0n) is 15.2. The minimum absolute atomic E-state index is 0.0348. The molecule has 5 nitrogen and oxygen atoms in total. The van der Waals surface area contributed by atoms with Crippen molar-refractivity contribution in [3.8, 4) is 17.3 Å². The molecule has 0 bridgehead atoms. The Kier molecular flexibility index (Phi) is 5.48. The van der Waals surface area contributed by atoms with E-state index in [2.05, 4.69) is 15.5 Å². The van der Waals surface area contributed by atoms with E-state index in [1.165, 1.54) is 0 Å². The first-order valence-electron chi connectivity index (χ1n) is 8.66. The second kappa shape index (κ2) is 8.15. The minimum Gasteiger partial charge on any atom is -0.345 e. The lowest BCUT2D eigenvalue weighted by molar-refractivity contribution is -0.117. The number of carbonyl (C=O) groups is 1. The molecule has 0 saturated carbocycles. The highest BCUT2D eigenvalue weighted by atomic mass is 16.1. The molecule has 3 rings (SSSR count). The highest BCUT2D eigenvalue weighted by Crippen LogP contribution is 2.23. The number of aromatic nitrogens is 2. The summed E-state index contributed by atoms with van der Waals surface area (Å²) in [5.41, 5.74) is 4.57. The summed E-state index contributed by atoms with van der Waals surface area (Å²) in [6.07, 6.45) is 3.17. The molecule has 1 aromatic heterocycles. The van der Waals surface area contributed by atoms with Gasteiger partial charge >= 0.3 is 0 Å². The van der Waals surface area contributed by atoms with Crippen LogP contribution in [0.25, 0.3) is 17.3 Å². The lowest BCUT2D eigenvalue weighted by Gasteiger charge is -2.14. The average molecular weight is 356 g/mol. The van der Waals surface area contributed by atoms with Gasteiger partial charge in [-0.1, -0.05) is 60.2 Å². The van der Waals surface area contributed by atoms with E-state index >= 15 is 0 Å². The molecular weight excluding hydrogens is 336 g/mol. The molecule has 0 unspecified atom stereocenters. The number of rotatable bonds is 5. The lowest BCUT2D eigenvalue weighted by atomic mass is 10.0. The van der Waals surface area contributed by atoms with Gasteiger partial charge in [-0.25, -0.2) is 0 Å². The molecule has 0 aliphatic rings. The van der Waals surface area contributed by atoms with Crippen LogP contribution < -0.4 is 5.32 Å². The maximum Gasteiger partial charge on any atom is 0.262 e. The molecule has 1 atom stereocenters. The van der Waals surface area contributed by atoms with E-state index in [1.54, 1.807) is 12.3 Å². The van der Waals surface area contributed by atoms with Gasteiger partial charge in [-0.3, -0.25) is 9.89 Å². The van der Waals surface area contributed by atoms with E-state index in [9.17, 15) is 10.1 Å². The molecule has 0 saturated heterocycles. The van der Waals surface area contributed by atoms with Gasteiger partial charge in [0.1, 0.15) is 11.6 Å². The third kappa shape index (κ3) is 4.31. The molecular formula is C22H20N4O. The van der Waals surface area contributed by atoms with Crippen LogP contribution in [0.1, 0.15) is 29.7 Å². The van der Waals surface area contributed by atoms with Gasteiger partial charge in [0.15, 0.2) is 0 Å². The average Bonchev–Trinajstić information content (AvgIpc) is 3.15. The highest BCUT2D eigenvalue weighted by Gasteiger charge is 2.15. The molecule has 0 aliphatic carbocycles. The fraction of sp³-hybridized carbons (Fsp3) is 0.136. The van der Waals surface area contributed by atoms with Crippen molar-refractivity contribution < 1.29 is 4.79 Å². The SMILES string of the molecule is Cc1ccc([C@@H](C)NC(=O)/C(C#N)=C/c2cn[nH]c2-c2ccccc2)cc1. The Morgan fingerprint density at radius 1 is 1.19 bits per heavy atom. The van der Waals surface area contributed by atoms with Gasteiger partial charge in [0.2, 0.25) is 0 Å². The van der Waals surface area contributed by atoms with Crippen LogP contribution in [0.5, 0.6) is 0 Å². The monoisotopic (exact) mass is 356 g/mol. The van der Waals surface area contributed by atoms with Gasteiger partial charge in [0, 0.05) is 11.1 Å². The van der Waals surface area contributed by atoms with E-state index in [0.29, 0.717) is 5.56 Å². The summed E-state index contributed by atoms with van der Waals surface area (Å²) in [4.78, 5) is 12.6. The van der Waals surface area contributed by atoms with Crippen molar-refractivity contribution in [2.75, 3.05) is 0 Å². The molecule has 2 aromatic carbocycles. The summed E-state index contributed by atoms with van der Waals surface area (Å²) < 4.78 is 0. The molecule has 0 aliphatic heterocycles. The number of aryl methyl sites for hydroxylation is 1. The Bertz CT molecular complexity index is 995. The maximum absolute atomic E-state index is 12.6. The first-order chi connectivity index (χ1) is 13.1. The number of benzene rings is 2. The molecule has 0 spiro atoms. The Morgan fingerprint density at radius 3 is 2.56 bits per heavy atom. The normalized spacial score (nSPS) is 12.3. The number of nitriles is 1. The van der Waals surface area contributed by atoms with E-state index in [-0.39, 0.29) is 11.6 Å². The highest BCUT2D eigenvalue weighted by molar-refractivity contribution is 6.02. The second-order valence-electron chi connectivity index (χ2n) is 6.34. The van der Waals surface area contributed by atoms with Crippen LogP contribution in [0.3, 0.4) is 0 Å². The number of H-pyrrole nitrogens is 1. The van der Waals surface area contributed by atoms with Crippen LogP contribution in [0.2, 0.25) is 0 Å². The predicted molar refractivity (Wildman–Crippen MR) is 105 cm³/mol. The number of hydrogen-bond acceptors (Lipinski definition) is 3. The minimum atomic E-state index is -0.411. The van der Waals surface area contributed by atoms with E-state index < -0.39 is 5.91 Å². The molecule has 3 aromatic rings. The zero-order valence-corrected chi connectivity index (χ0v) is 15.2. The molecule has 5 heteroatoms. The Labute approximate surface area is 158 Å². The molecule has 27 heavy (non-hydrogen) atoms. The van der Waals surface area contributed by atoms with Crippen LogP contribution in [-0.4, -0.2) is 16.1 Å². The van der Waals surface area contributed by atoms with E-state index in [1.807, 2.05) is 74.5 Å². The summed E-state index contributed by atoms with van der Waals surface area (Å²) in [5, 5.41) is 19.3. The smallest absolute Gasteiger partial charge is 0.262 e. The largest absolute Gasteiger partial charge is 0.345 e. The van der Waals surface area contributed by atoms with Crippen molar-refractivity contribution in [1.29, 1.82) is 5.26 Å². The van der Waals surface area contributed by atoms with Crippen LogP contribution in [-0.2, 0) is 4.79 Å². The third-order valence-corrected chi connectivity index (χ3v) is 4.32. The number of nitrogens with one attached hydrogen (secondary N) is 2. The second-order valence-corrected chi connectivity index (χ2v) is 6.34. The van der Waals surface area contributed by atoms with Crippen LogP contribution in [0.4, 0.5) is 0 Å². The van der Waals surface area contributed by atoms with E-state index in [0.717, 1.165) is 22.4 Å². The quantitative estimate of drug-likeness (QED) is 0.532. The van der Waals surface area contributed by atoms with Gasteiger partial charge in [0.25, 0.3) is 5.91 Å². The van der Waals surface area contributed by atoms with E-state index in [4.69, 9.17) is 0 Å². The molecule has 1 amide bonds. The van der Waals surface area contributed by atoms with Crippen molar-refractivity contribution in [1.82, 2.24) is 15.5 Å². The van der Waals surface area contributed by atoms with Gasteiger partial charge in [-0.05, 0) is 25.5 Å². The van der Waals surface area contributed by atoms with Crippen LogP contribution in [0, 0.1) is 18.3 Å². The standard InChI is InChI=1S/C22H20N4O/c1-15-8-10-17(11-9-15)16(2)25-22(27)19(13-23)12-20-14-24-26-21(20)18-6-4-3-5-7-18/h3-12,14,16H,1-2H3,(H,24,26)(H,25,27)/b19-12+/t16-/m1/s1. The number of aromatic amines is 1. The number of amides is 1. The van der Waals surface area contributed by atoms with Crippen LogP contribution >= 0.6 is 0 Å². The molecule has 2 N–H and O–H groups in total. The summed E-state index contributed by atoms with van der Waals surface area (Å²) in [5.74, 6) is -0.411. The predicted octanol–water partition coefficient (Wildman–Crippen LogP) is 4.17. The number of hydrogen-bond donors (Lipinski definition) is 2. The Hall–Kier alpha value is -3.65. The number of nitrogens with zero attached hydrogens (tertiary/aromatic N) is 2. The van der Waals surface area contributed by atoms with Gasteiger partial charge < -0.3 is 5.32 Å². The summed E-state index contributed by atoms with van der Waals surface area (Å²) in [7, 11) is 0. The van der Waals surface area contributed by atoms with Crippen molar-refractivity contribution in [3.63, 3.8) is 0 Å². The molecule has 134 valence electrons. The summed E-state index contributed by atoms with van der Waals surface area (Å²) >= 11 is 0. The lowest BCUT2D eigenvalue weighted by Crippen LogP contribution is -2.27. The van der Waals surface area contributed by atoms with Crippen LogP contribution in [0.15, 0.2) is 66.4 Å². The van der Waals surface area contributed by atoms with Crippen molar-refractivity contribution in [2.24, 2.45) is 0 Å². The van der Waals surface area contributed by atoms with Crippen molar-refractivity contribution in [3.05, 3.63) is 83.1 Å². The topological polar surface area (TPSA) is 81.6 Å². The molecule has 0 radical (unpaired) electrons. The Balaban J connectivity index is 1.81. The van der Waals surface area contributed by atoms with Gasteiger partial charge in [-0.2, -0.15) is 10.4 Å². The van der Waals surface area contributed by atoms with Gasteiger partial charge in [0.05, 0.1) is 17.9 Å². The fourth-order valence-electron chi connectivity index (χ4n) is 2.76. The molecule has 1 heterocycles. The van der Waals surface area contributed by atoms with Gasteiger partial charge in [-0.15, -0.1) is 0 Å². The Morgan fingerprint density at radius 2 is 1.89 bits per heavy atom. The number of carbonyl (C=O) groups excluding carboxylic acids is 1. The maximum atomic E-state index is 12.6. The third-order valence-electron chi connectivity index (χ3n) is 4.32. The van der Waals surface area contributed by atoms with Crippen molar-refractivity contribution in [2.45, 2.75) is 19.9 Å². The zero-order chi connectivity index (χ0) is 19.2.